The van der Waals surface area contributed by atoms with Gasteiger partial charge in [-0.05, 0) is 29.8 Å². The summed E-state index contributed by atoms with van der Waals surface area (Å²) >= 11 is 10.5. The Hall–Kier alpha value is -2.20. The number of rotatable bonds is 5. The normalized spacial score (nSPS) is 13.3. The van der Waals surface area contributed by atoms with Gasteiger partial charge in [-0.2, -0.15) is 22.0 Å². The molecule has 0 aliphatic heterocycles. The fourth-order valence-electron chi connectivity index (χ4n) is 2.03. The Bertz CT molecular complexity index is 873. The van der Waals surface area contributed by atoms with Crippen molar-refractivity contribution in [3.05, 3.63) is 57.1 Å². The number of nitro groups is 1. The molecule has 0 aliphatic carbocycles. The summed E-state index contributed by atoms with van der Waals surface area (Å²) < 4.78 is 81.6. The highest BCUT2D eigenvalue weighted by Crippen LogP contribution is 2.40. The Morgan fingerprint density at radius 2 is 1.70 bits per heavy atom. The molecule has 146 valence electrons. The first-order chi connectivity index (χ1) is 12.3. The predicted octanol–water partition coefficient (Wildman–Crippen LogP) is 6.44. The van der Waals surface area contributed by atoms with E-state index < -0.39 is 44.9 Å². The minimum atomic E-state index is -4.66. The fraction of sp³-hybridized carbons (Fsp3) is 0.200. The number of hydrogen-bond acceptors (Lipinski definition) is 3. The van der Waals surface area contributed by atoms with Gasteiger partial charge in [-0.25, -0.2) is 4.39 Å². The first kappa shape index (κ1) is 21.1. The van der Waals surface area contributed by atoms with E-state index in [1.807, 2.05) is 0 Å². The summed E-state index contributed by atoms with van der Waals surface area (Å²) in [6.07, 6.45) is -9.25. The first-order valence-electron chi connectivity index (χ1n) is 6.83. The van der Waals surface area contributed by atoms with Gasteiger partial charge in [0.2, 0.25) is 5.75 Å². The van der Waals surface area contributed by atoms with E-state index in [-0.39, 0.29) is 11.1 Å². The van der Waals surface area contributed by atoms with Gasteiger partial charge in [0.1, 0.15) is 0 Å². The Labute approximate surface area is 157 Å². The molecule has 0 bridgehead atoms. The highest BCUT2D eigenvalue weighted by Gasteiger charge is 2.43. The van der Waals surface area contributed by atoms with Crippen molar-refractivity contribution in [1.82, 2.24) is 0 Å². The van der Waals surface area contributed by atoms with Crippen molar-refractivity contribution in [2.45, 2.75) is 17.9 Å². The lowest BCUT2D eigenvalue weighted by atomic mass is 10.0. The molecule has 2 aromatic rings. The lowest BCUT2D eigenvalue weighted by molar-refractivity contribution is -0.387. The molecule has 0 fully saturated rings. The fourth-order valence-corrected chi connectivity index (χ4v) is 2.37. The molecule has 1 atom stereocenters. The van der Waals surface area contributed by atoms with Crippen molar-refractivity contribution in [2.24, 2.45) is 0 Å². The van der Waals surface area contributed by atoms with Crippen LogP contribution in [0.15, 0.2) is 36.4 Å². The Morgan fingerprint density at radius 3 is 2.19 bits per heavy atom. The van der Waals surface area contributed by atoms with E-state index in [1.54, 1.807) is 0 Å². The summed E-state index contributed by atoms with van der Waals surface area (Å²) in [5.41, 5.74) is -5.40. The predicted molar refractivity (Wildman–Crippen MR) is 84.9 cm³/mol. The van der Waals surface area contributed by atoms with E-state index in [2.05, 4.69) is 16.3 Å². The molecule has 0 saturated heterocycles. The molecule has 0 heterocycles. The van der Waals surface area contributed by atoms with Gasteiger partial charge < -0.3 is 4.74 Å². The summed E-state index contributed by atoms with van der Waals surface area (Å²) in [4.78, 5) is 9.89. The zero-order valence-corrected chi connectivity index (χ0v) is 14.2. The molecule has 0 saturated carbocycles. The van der Waals surface area contributed by atoms with Crippen LogP contribution in [-0.4, -0.2) is 16.7 Å². The zero-order chi connectivity index (χ0) is 20.6. The Morgan fingerprint density at radius 1 is 1.07 bits per heavy atom. The largest absolute Gasteiger partial charge is 0.444 e. The summed E-state index contributed by atoms with van der Waals surface area (Å²) in [5, 5.41) is 10.6. The summed E-state index contributed by atoms with van der Waals surface area (Å²) in [7, 11) is 0. The number of alkyl halides is 7. The maximum absolute atomic E-state index is 13.4. The van der Waals surface area contributed by atoms with Crippen molar-refractivity contribution in [1.29, 1.82) is 0 Å². The van der Waals surface area contributed by atoms with Crippen LogP contribution in [0.5, 0.6) is 5.75 Å². The van der Waals surface area contributed by atoms with Gasteiger partial charge in [0.05, 0.1) is 10.5 Å². The number of benzene rings is 2. The van der Waals surface area contributed by atoms with Crippen LogP contribution in [0.2, 0.25) is 5.02 Å². The van der Waals surface area contributed by atoms with E-state index in [0.717, 1.165) is 24.3 Å². The van der Waals surface area contributed by atoms with Crippen molar-refractivity contribution < 1.29 is 36.0 Å². The van der Waals surface area contributed by atoms with Gasteiger partial charge in [0, 0.05) is 16.7 Å². The molecule has 4 nitrogen and oxygen atoms in total. The first-order valence-corrected chi connectivity index (χ1v) is 7.65. The van der Waals surface area contributed by atoms with E-state index in [0.29, 0.717) is 12.1 Å². The minimum Gasteiger partial charge on any atom is -0.422 e. The van der Waals surface area contributed by atoms with Gasteiger partial charge in [0.15, 0.2) is 0 Å². The molecular formula is C15H7Cl2F6NO3. The molecule has 2 rings (SSSR count). The van der Waals surface area contributed by atoms with Crippen molar-refractivity contribution >= 4 is 28.9 Å². The number of nitrogens with zero attached hydrogens (tertiary/aromatic N) is 1. The third-order valence-electron chi connectivity index (χ3n) is 3.26. The lowest BCUT2D eigenvalue weighted by Crippen LogP contribution is -2.33. The van der Waals surface area contributed by atoms with Crippen LogP contribution in [-0.2, 0) is 6.18 Å². The van der Waals surface area contributed by atoms with E-state index in [9.17, 15) is 36.5 Å². The Kier molecular flexibility index (Phi) is 5.81. The van der Waals surface area contributed by atoms with Crippen LogP contribution in [0.1, 0.15) is 5.56 Å². The SMILES string of the molecule is O=[N+]([O-])c1ccc(-c2ccc(C(F)(F)F)cc2Cl)cc1OC(F)(F)C(F)Cl. The summed E-state index contributed by atoms with van der Waals surface area (Å²) in [6, 6.07) is 4.78. The summed E-state index contributed by atoms with van der Waals surface area (Å²) in [5.74, 6) is -1.04. The number of nitro benzene ring substituents is 1. The molecule has 12 heteroatoms. The van der Waals surface area contributed by atoms with Crippen LogP contribution in [0.3, 0.4) is 0 Å². The van der Waals surface area contributed by atoms with E-state index >= 15 is 0 Å². The third-order valence-corrected chi connectivity index (χ3v) is 3.83. The monoisotopic (exact) mass is 433 g/mol. The molecule has 0 amide bonds. The van der Waals surface area contributed by atoms with Crippen molar-refractivity contribution in [3.63, 3.8) is 0 Å². The zero-order valence-electron chi connectivity index (χ0n) is 12.7. The molecule has 0 N–H and O–H groups in total. The van der Waals surface area contributed by atoms with Crippen LogP contribution in [0.25, 0.3) is 11.1 Å². The van der Waals surface area contributed by atoms with Crippen LogP contribution >= 0.6 is 23.2 Å². The van der Waals surface area contributed by atoms with Gasteiger partial charge in [0.25, 0.3) is 5.63 Å². The summed E-state index contributed by atoms with van der Waals surface area (Å²) in [6.45, 7) is 0. The average Bonchev–Trinajstić information content (AvgIpc) is 2.53. The second kappa shape index (κ2) is 7.43. The van der Waals surface area contributed by atoms with Gasteiger partial charge in [-0.1, -0.05) is 29.3 Å². The number of hydrogen-bond donors (Lipinski definition) is 0. The second-order valence-electron chi connectivity index (χ2n) is 5.10. The lowest BCUT2D eigenvalue weighted by Gasteiger charge is -2.18. The van der Waals surface area contributed by atoms with Crippen molar-refractivity contribution in [2.75, 3.05) is 0 Å². The number of halogens is 8. The minimum absolute atomic E-state index is 0.0459. The molecule has 0 aromatic heterocycles. The van der Waals surface area contributed by atoms with Gasteiger partial charge >= 0.3 is 18.0 Å². The van der Waals surface area contributed by atoms with Crippen molar-refractivity contribution in [3.8, 4) is 16.9 Å². The maximum Gasteiger partial charge on any atom is 0.444 e. The van der Waals surface area contributed by atoms with Crippen LogP contribution < -0.4 is 4.74 Å². The average molecular weight is 434 g/mol. The molecule has 0 radical (unpaired) electrons. The smallest absolute Gasteiger partial charge is 0.422 e. The standard InChI is InChI=1S/C15H7Cl2F6NO3/c16-10-6-8(14(19,20)21)2-3-9(10)7-1-4-11(24(25)26)12(5-7)27-15(22,23)13(17)18/h1-6,13H. The van der Waals surface area contributed by atoms with Gasteiger partial charge in [-0.15, -0.1) is 0 Å². The maximum atomic E-state index is 13.4. The van der Waals surface area contributed by atoms with Gasteiger partial charge in [-0.3, -0.25) is 10.1 Å². The third kappa shape index (κ3) is 4.75. The molecule has 0 aliphatic rings. The molecule has 27 heavy (non-hydrogen) atoms. The quantitative estimate of drug-likeness (QED) is 0.236. The Balaban J connectivity index is 2.54. The van der Waals surface area contributed by atoms with Crippen LogP contribution in [0.4, 0.5) is 32.0 Å². The molecule has 1 unspecified atom stereocenters. The molecular weight excluding hydrogens is 427 g/mol. The highest BCUT2D eigenvalue weighted by atomic mass is 35.5. The van der Waals surface area contributed by atoms with E-state index in [1.165, 1.54) is 0 Å². The molecule has 2 aromatic carbocycles. The molecule has 0 spiro atoms. The topological polar surface area (TPSA) is 52.4 Å². The van der Waals surface area contributed by atoms with E-state index in [4.69, 9.17) is 11.6 Å². The second-order valence-corrected chi connectivity index (χ2v) is 5.89. The van der Waals surface area contributed by atoms with Crippen LogP contribution in [0, 0.1) is 10.1 Å². The number of ether oxygens (including phenoxy) is 1. The highest BCUT2D eigenvalue weighted by molar-refractivity contribution is 6.33.